The van der Waals surface area contributed by atoms with Gasteiger partial charge in [-0.1, -0.05) is 33.3 Å². The van der Waals surface area contributed by atoms with E-state index in [1.165, 1.54) is 0 Å². The predicted molar refractivity (Wildman–Crippen MR) is 83.1 cm³/mol. The fourth-order valence-electron chi connectivity index (χ4n) is 2.15. The van der Waals surface area contributed by atoms with E-state index in [1.54, 1.807) is 7.11 Å². The number of aliphatic carboxylic acids is 1. The largest absolute Gasteiger partial charge is 0.493 e. The molecule has 0 heterocycles. The van der Waals surface area contributed by atoms with Crippen LogP contribution in [0.4, 0.5) is 0 Å². The van der Waals surface area contributed by atoms with Gasteiger partial charge in [-0.3, -0.25) is 4.79 Å². The van der Waals surface area contributed by atoms with Gasteiger partial charge in [-0.25, -0.2) is 0 Å². The molecule has 4 heteroatoms. The predicted octanol–water partition coefficient (Wildman–Crippen LogP) is 3.77. The Kier molecular flexibility index (Phi) is 7.06. The van der Waals surface area contributed by atoms with Crippen LogP contribution in [-0.4, -0.2) is 24.8 Å². The van der Waals surface area contributed by atoms with Crippen LogP contribution >= 0.6 is 0 Å². The summed E-state index contributed by atoms with van der Waals surface area (Å²) < 4.78 is 11.0. The Labute approximate surface area is 127 Å². The van der Waals surface area contributed by atoms with Gasteiger partial charge in [0.2, 0.25) is 0 Å². The lowest BCUT2D eigenvalue weighted by Crippen LogP contribution is -2.22. The number of carbonyl (C=O) groups is 1. The van der Waals surface area contributed by atoms with E-state index in [4.69, 9.17) is 9.47 Å². The first-order valence-electron chi connectivity index (χ1n) is 7.52. The summed E-state index contributed by atoms with van der Waals surface area (Å²) in [5.74, 6) is 0.327. The van der Waals surface area contributed by atoms with Crippen LogP contribution in [0.3, 0.4) is 0 Å². The lowest BCUT2D eigenvalue weighted by Gasteiger charge is -2.17. The molecule has 4 nitrogen and oxygen atoms in total. The Hall–Kier alpha value is -1.71. The monoisotopic (exact) mass is 294 g/mol. The van der Waals surface area contributed by atoms with Crippen LogP contribution in [0.5, 0.6) is 11.5 Å². The summed E-state index contributed by atoms with van der Waals surface area (Å²) in [6.45, 7) is 6.61. The summed E-state index contributed by atoms with van der Waals surface area (Å²) in [5.41, 5.74) is 0.961. The molecule has 118 valence electrons. The Morgan fingerprint density at radius 3 is 2.52 bits per heavy atom. The summed E-state index contributed by atoms with van der Waals surface area (Å²) in [6, 6.07) is 5.65. The molecule has 0 saturated heterocycles. The van der Waals surface area contributed by atoms with E-state index in [0.29, 0.717) is 24.5 Å². The van der Waals surface area contributed by atoms with Crippen molar-refractivity contribution in [2.45, 2.75) is 40.0 Å². The van der Waals surface area contributed by atoms with Crippen molar-refractivity contribution in [2.75, 3.05) is 13.7 Å². The SMILES string of the molecule is CCCCOc1cc(C[C@@H](C(=O)O)C(C)C)ccc1OC. The van der Waals surface area contributed by atoms with Crippen LogP contribution < -0.4 is 9.47 Å². The Bertz CT molecular complexity index is 454. The molecule has 0 bridgehead atoms. The van der Waals surface area contributed by atoms with Crippen molar-refractivity contribution >= 4 is 5.97 Å². The Morgan fingerprint density at radius 1 is 1.29 bits per heavy atom. The van der Waals surface area contributed by atoms with E-state index >= 15 is 0 Å². The van der Waals surface area contributed by atoms with Crippen LogP contribution in [0.25, 0.3) is 0 Å². The number of rotatable bonds is 9. The van der Waals surface area contributed by atoms with Crippen molar-refractivity contribution in [2.24, 2.45) is 11.8 Å². The maximum absolute atomic E-state index is 11.3. The second-order valence-corrected chi connectivity index (χ2v) is 5.58. The van der Waals surface area contributed by atoms with Gasteiger partial charge in [0.25, 0.3) is 0 Å². The summed E-state index contributed by atoms with van der Waals surface area (Å²) in [4.78, 5) is 11.3. The molecule has 0 fully saturated rings. The fourth-order valence-corrected chi connectivity index (χ4v) is 2.15. The number of hydrogen-bond donors (Lipinski definition) is 1. The average molecular weight is 294 g/mol. The molecule has 0 aliphatic heterocycles. The average Bonchev–Trinajstić information content (AvgIpc) is 2.44. The molecule has 1 N–H and O–H groups in total. The number of hydrogen-bond acceptors (Lipinski definition) is 3. The summed E-state index contributed by atoms with van der Waals surface area (Å²) in [6.07, 6.45) is 2.55. The molecule has 1 rings (SSSR count). The maximum atomic E-state index is 11.3. The minimum atomic E-state index is -0.755. The van der Waals surface area contributed by atoms with Crippen molar-refractivity contribution in [1.82, 2.24) is 0 Å². The van der Waals surface area contributed by atoms with Gasteiger partial charge in [-0.15, -0.1) is 0 Å². The topological polar surface area (TPSA) is 55.8 Å². The second kappa shape index (κ2) is 8.55. The minimum absolute atomic E-state index is 0.0917. The third-order valence-corrected chi connectivity index (χ3v) is 3.56. The zero-order valence-electron chi connectivity index (χ0n) is 13.4. The van der Waals surface area contributed by atoms with Gasteiger partial charge in [0.05, 0.1) is 19.6 Å². The second-order valence-electron chi connectivity index (χ2n) is 5.58. The molecule has 0 unspecified atom stereocenters. The van der Waals surface area contributed by atoms with Crippen molar-refractivity contribution in [3.8, 4) is 11.5 Å². The van der Waals surface area contributed by atoms with Crippen LogP contribution in [0.2, 0.25) is 0 Å². The fraction of sp³-hybridized carbons (Fsp3) is 0.588. The molecule has 1 aromatic carbocycles. The van der Waals surface area contributed by atoms with Crippen molar-refractivity contribution in [1.29, 1.82) is 0 Å². The van der Waals surface area contributed by atoms with E-state index in [1.807, 2.05) is 32.0 Å². The van der Waals surface area contributed by atoms with E-state index in [9.17, 15) is 9.90 Å². The minimum Gasteiger partial charge on any atom is -0.493 e. The molecule has 0 amide bonds. The normalized spacial score (nSPS) is 12.2. The Morgan fingerprint density at radius 2 is 2.00 bits per heavy atom. The van der Waals surface area contributed by atoms with Crippen molar-refractivity contribution in [3.05, 3.63) is 23.8 Å². The first kappa shape index (κ1) is 17.3. The van der Waals surface area contributed by atoms with Crippen molar-refractivity contribution < 1.29 is 19.4 Å². The van der Waals surface area contributed by atoms with Gasteiger partial charge in [0.1, 0.15) is 0 Å². The van der Waals surface area contributed by atoms with Gasteiger partial charge in [0, 0.05) is 0 Å². The number of methoxy groups -OCH3 is 1. The molecule has 1 atom stereocenters. The number of carboxylic acids is 1. The van der Waals surface area contributed by atoms with Gasteiger partial charge in [-0.2, -0.15) is 0 Å². The molecule has 21 heavy (non-hydrogen) atoms. The van der Waals surface area contributed by atoms with Gasteiger partial charge in [-0.05, 0) is 36.5 Å². The molecule has 0 aromatic heterocycles. The van der Waals surface area contributed by atoms with E-state index in [-0.39, 0.29) is 11.8 Å². The number of benzene rings is 1. The molecular weight excluding hydrogens is 268 g/mol. The molecule has 0 aliphatic rings. The van der Waals surface area contributed by atoms with Gasteiger partial charge >= 0.3 is 5.97 Å². The summed E-state index contributed by atoms with van der Waals surface area (Å²) in [7, 11) is 1.61. The highest BCUT2D eigenvalue weighted by Gasteiger charge is 2.22. The molecular formula is C17H26O4. The zero-order valence-corrected chi connectivity index (χ0v) is 13.4. The first-order chi connectivity index (χ1) is 9.99. The standard InChI is InChI=1S/C17H26O4/c1-5-6-9-21-16-11-13(7-8-15(16)20-4)10-14(12(2)3)17(18)19/h7-8,11-12,14H,5-6,9-10H2,1-4H3,(H,18,19)/t14-/m1/s1. The molecule has 0 saturated carbocycles. The highest BCUT2D eigenvalue weighted by Crippen LogP contribution is 2.30. The molecule has 0 radical (unpaired) electrons. The zero-order chi connectivity index (χ0) is 15.8. The van der Waals surface area contributed by atoms with E-state index in [2.05, 4.69) is 6.92 Å². The smallest absolute Gasteiger partial charge is 0.307 e. The molecule has 0 aliphatic carbocycles. The quantitative estimate of drug-likeness (QED) is 0.704. The molecule has 1 aromatic rings. The van der Waals surface area contributed by atoms with E-state index in [0.717, 1.165) is 18.4 Å². The van der Waals surface area contributed by atoms with Crippen LogP contribution in [0.15, 0.2) is 18.2 Å². The third-order valence-electron chi connectivity index (χ3n) is 3.56. The van der Waals surface area contributed by atoms with E-state index < -0.39 is 5.97 Å². The third kappa shape index (κ3) is 5.29. The van der Waals surface area contributed by atoms with Crippen LogP contribution in [0, 0.1) is 11.8 Å². The number of unbranched alkanes of at least 4 members (excludes halogenated alkanes) is 1. The highest BCUT2D eigenvalue weighted by atomic mass is 16.5. The Balaban J connectivity index is 2.88. The lowest BCUT2D eigenvalue weighted by atomic mass is 9.89. The van der Waals surface area contributed by atoms with Crippen LogP contribution in [0.1, 0.15) is 39.2 Å². The van der Waals surface area contributed by atoms with Gasteiger partial charge in [0.15, 0.2) is 11.5 Å². The summed E-state index contributed by atoms with van der Waals surface area (Å²) >= 11 is 0. The van der Waals surface area contributed by atoms with Crippen LogP contribution in [-0.2, 0) is 11.2 Å². The van der Waals surface area contributed by atoms with Gasteiger partial charge < -0.3 is 14.6 Å². The number of ether oxygens (including phenoxy) is 2. The maximum Gasteiger partial charge on any atom is 0.307 e. The first-order valence-corrected chi connectivity index (χ1v) is 7.52. The van der Waals surface area contributed by atoms with Crippen molar-refractivity contribution in [3.63, 3.8) is 0 Å². The highest BCUT2D eigenvalue weighted by molar-refractivity contribution is 5.70. The lowest BCUT2D eigenvalue weighted by molar-refractivity contribution is -0.143. The summed E-state index contributed by atoms with van der Waals surface area (Å²) in [5, 5.41) is 9.29. The number of carboxylic acid groups (broad SMARTS) is 1. The molecule has 0 spiro atoms.